The minimum atomic E-state index is 0.663. The van der Waals surface area contributed by atoms with E-state index < -0.39 is 0 Å². The summed E-state index contributed by atoms with van der Waals surface area (Å²) in [6, 6.07) is 74.5. The van der Waals surface area contributed by atoms with Gasteiger partial charge in [-0.05, 0) is 98.4 Å². The first-order chi connectivity index (χ1) is 27.2. The highest BCUT2D eigenvalue weighted by molar-refractivity contribution is 5.95. The number of benzene rings is 9. The van der Waals surface area contributed by atoms with E-state index in [2.05, 4.69) is 175 Å². The molecular weight excluding hydrogens is 671 g/mol. The number of rotatable bonds is 7. The van der Waals surface area contributed by atoms with Crippen molar-refractivity contribution in [3.63, 3.8) is 0 Å². The van der Waals surface area contributed by atoms with Gasteiger partial charge in [-0.15, -0.1) is 0 Å². The molecule has 0 aromatic heterocycles. The second-order valence-electron chi connectivity index (χ2n) is 13.8. The lowest BCUT2D eigenvalue weighted by Gasteiger charge is -2.26. The molecule has 260 valence electrons. The van der Waals surface area contributed by atoms with Gasteiger partial charge < -0.3 is 14.4 Å². The third-order valence-corrected chi connectivity index (χ3v) is 10.4. The minimum absolute atomic E-state index is 0.663. The molecule has 1 heterocycles. The summed E-state index contributed by atoms with van der Waals surface area (Å²) in [5, 5.41) is 2.05. The summed E-state index contributed by atoms with van der Waals surface area (Å²) in [4.78, 5) is 2.27. The van der Waals surface area contributed by atoms with Gasteiger partial charge in [-0.25, -0.2) is 0 Å². The maximum Gasteiger partial charge on any atom is 0.172 e. The normalized spacial score (nSPS) is 11.6. The fourth-order valence-corrected chi connectivity index (χ4v) is 7.50. The van der Waals surface area contributed by atoms with Crippen molar-refractivity contribution < 1.29 is 9.47 Å². The summed E-state index contributed by atoms with van der Waals surface area (Å²) < 4.78 is 13.1. The zero-order chi connectivity index (χ0) is 36.6. The molecule has 0 saturated carbocycles. The van der Waals surface area contributed by atoms with Gasteiger partial charge in [0.2, 0.25) is 0 Å². The van der Waals surface area contributed by atoms with Crippen LogP contribution < -0.4 is 14.4 Å². The Morgan fingerprint density at radius 1 is 0.255 bits per heavy atom. The SMILES string of the molecule is c1ccc(-c2ccc(-c3ccc(N(c4ccc(-c5ccc(-c6ccccc6)cc5)cc4)c4ccc5c(c4)Oc4cccc6cccc(c46)O5)cc3)cc2)cc1. The topological polar surface area (TPSA) is 21.7 Å². The molecule has 1 aliphatic rings. The number of fused-ring (bicyclic) bond motifs is 1. The van der Waals surface area contributed by atoms with E-state index in [1.54, 1.807) is 0 Å². The average Bonchev–Trinajstić information content (AvgIpc) is 3.42. The fraction of sp³-hybridized carbons (Fsp3) is 0. The second-order valence-corrected chi connectivity index (χ2v) is 13.8. The van der Waals surface area contributed by atoms with E-state index in [1.165, 1.54) is 33.4 Å². The lowest BCUT2D eigenvalue weighted by molar-refractivity contribution is 0.439. The summed E-state index contributed by atoms with van der Waals surface area (Å²) >= 11 is 0. The molecule has 9 aromatic rings. The molecule has 0 amide bonds. The summed E-state index contributed by atoms with van der Waals surface area (Å²) in [5.41, 5.74) is 12.5. The van der Waals surface area contributed by atoms with Gasteiger partial charge in [-0.2, -0.15) is 0 Å². The maximum atomic E-state index is 6.62. The smallest absolute Gasteiger partial charge is 0.172 e. The average molecular weight is 706 g/mol. The van der Waals surface area contributed by atoms with E-state index >= 15 is 0 Å². The molecule has 0 bridgehead atoms. The molecule has 3 heteroatoms. The predicted octanol–water partition coefficient (Wildman–Crippen LogP) is 14.9. The molecule has 3 nitrogen and oxygen atoms in total. The van der Waals surface area contributed by atoms with E-state index in [-0.39, 0.29) is 0 Å². The Kier molecular flexibility index (Phi) is 8.16. The zero-order valence-electron chi connectivity index (χ0n) is 30.0. The highest BCUT2D eigenvalue weighted by Crippen LogP contribution is 2.48. The quantitative estimate of drug-likeness (QED) is 0.165. The molecule has 0 fully saturated rings. The first-order valence-electron chi connectivity index (χ1n) is 18.6. The van der Waals surface area contributed by atoms with E-state index in [1.807, 2.05) is 42.5 Å². The number of nitrogens with zero attached hydrogens (tertiary/aromatic N) is 1. The Bertz CT molecular complexity index is 2630. The van der Waals surface area contributed by atoms with Crippen LogP contribution in [0.5, 0.6) is 23.0 Å². The Hall–Kier alpha value is -7.36. The molecule has 1 aliphatic heterocycles. The van der Waals surface area contributed by atoms with Crippen molar-refractivity contribution in [2.24, 2.45) is 0 Å². The van der Waals surface area contributed by atoms with Gasteiger partial charge in [-0.3, -0.25) is 0 Å². The van der Waals surface area contributed by atoms with Gasteiger partial charge in [0.05, 0.1) is 11.1 Å². The minimum Gasteiger partial charge on any atom is -0.453 e. The summed E-state index contributed by atoms with van der Waals surface area (Å²) in [6.45, 7) is 0. The van der Waals surface area contributed by atoms with Crippen molar-refractivity contribution in [3.05, 3.63) is 212 Å². The molecule has 0 radical (unpaired) electrons. The molecule has 0 unspecified atom stereocenters. The molecule has 55 heavy (non-hydrogen) atoms. The Morgan fingerprint density at radius 3 is 1.05 bits per heavy atom. The Morgan fingerprint density at radius 2 is 0.618 bits per heavy atom. The van der Waals surface area contributed by atoms with E-state index in [4.69, 9.17) is 9.47 Å². The molecule has 0 aliphatic carbocycles. The number of hydrogen-bond acceptors (Lipinski definition) is 3. The van der Waals surface area contributed by atoms with Gasteiger partial charge in [0.15, 0.2) is 11.5 Å². The first-order valence-corrected chi connectivity index (χ1v) is 18.6. The largest absolute Gasteiger partial charge is 0.453 e. The van der Waals surface area contributed by atoms with Gasteiger partial charge in [0.1, 0.15) is 11.5 Å². The van der Waals surface area contributed by atoms with Crippen molar-refractivity contribution in [2.45, 2.75) is 0 Å². The van der Waals surface area contributed by atoms with Crippen LogP contribution in [0.4, 0.5) is 17.1 Å². The van der Waals surface area contributed by atoms with Gasteiger partial charge >= 0.3 is 0 Å². The van der Waals surface area contributed by atoms with Crippen molar-refractivity contribution in [2.75, 3.05) is 4.90 Å². The van der Waals surface area contributed by atoms with Crippen molar-refractivity contribution in [1.82, 2.24) is 0 Å². The second kappa shape index (κ2) is 13.9. The third kappa shape index (κ3) is 6.28. The first kappa shape index (κ1) is 32.3. The molecule has 0 N–H and O–H groups in total. The highest BCUT2D eigenvalue weighted by atomic mass is 16.5. The molecule has 10 rings (SSSR count). The van der Waals surface area contributed by atoms with E-state index in [0.29, 0.717) is 11.5 Å². The van der Waals surface area contributed by atoms with Crippen LogP contribution in [-0.2, 0) is 0 Å². The molecule has 0 spiro atoms. The number of hydrogen-bond donors (Lipinski definition) is 0. The van der Waals surface area contributed by atoms with Crippen LogP contribution in [0.15, 0.2) is 212 Å². The zero-order valence-corrected chi connectivity index (χ0v) is 30.0. The van der Waals surface area contributed by atoms with Crippen LogP contribution in [0.25, 0.3) is 55.3 Å². The van der Waals surface area contributed by atoms with Crippen LogP contribution in [0.2, 0.25) is 0 Å². The Labute approximate surface area is 320 Å². The lowest BCUT2D eigenvalue weighted by Crippen LogP contribution is -2.10. The molecule has 0 saturated heterocycles. The molecule has 9 aromatic carbocycles. The summed E-state index contributed by atoms with van der Waals surface area (Å²) in [6.07, 6.45) is 0. The van der Waals surface area contributed by atoms with Crippen LogP contribution >= 0.6 is 0 Å². The highest BCUT2D eigenvalue weighted by Gasteiger charge is 2.21. The number of anilines is 3. The van der Waals surface area contributed by atoms with Gasteiger partial charge in [-0.1, -0.05) is 158 Å². The molecular formula is C52H35NO2. The standard InChI is InChI=1S/C52H35NO2/c1-3-9-36(10-4-1)38-17-21-40(22-18-38)42-25-29-45(30-26-42)53(46-31-27-43(28-32-46)41-23-19-39(20-24-41)37-11-5-2-6-12-37)47-33-34-48-51(35-47)55-50-16-8-14-44-13-7-15-49(54-48)52(44)50/h1-35H. The summed E-state index contributed by atoms with van der Waals surface area (Å²) in [5.74, 6) is 2.91. The van der Waals surface area contributed by atoms with Gasteiger partial charge in [0, 0.05) is 17.4 Å². The van der Waals surface area contributed by atoms with Gasteiger partial charge in [0.25, 0.3) is 0 Å². The van der Waals surface area contributed by atoms with Crippen molar-refractivity contribution in [1.29, 1.82) is 0 Å². The maximum absolute atomic E-state index is 6.62. The monoisotopic (exact) mass is 705 g/mol. The Balaban J connectivity index is 1.01. The number of ether oxygens (including phenoxy) is 2. The predicted molar refractivity (Wildman–Crippen MR) is 227 cm³/mol. The van der Waals surface area contributed by atoms with Crippen LogP contribution in [-0.4, -0.2) is 0 Å². The van der Waals surface area contributed by atoms with Crippen LogP contribution in [0.1, 0.15) is 0 Å². The van der Waals surface area contributed by atoms with Crippen LogP contribution in [0, 0.1) is 0 Å². The van der Waals surface area contributed by atoms with E-state index in [0.717, 1.165) is 50.5 Å². The lowest BCUT2D eigenvalue weighted by atomic mass is 9.99. The fourth-order valence-electron chi connectivity index (χ4n) is 7.50. The van der Waals surface area contributed by atoms with Crippen molar-refractivity contribution in [3.8, 4) is 67.5 Å². The summed E-state index contributed by atoms with van der Waals surface area (Å²) in [7, 11) is 0. The van der Waals surface area contributed by atoms with Crippen LogP contribution in [0.3, 0.4) is 0 Å². The third-order valence-electron chi connectivity index (χ3n) is 10.4. The molecule has 0 atom stereocenters. The van der Waals surface area contributed by atoms with E-state index in [9.17, 15) is 0 Å². The van der Waals surface area contributed by atoms with Crippen molar-refractivity contribution >= 4 is 27.8 Å².